The third-order valence-corrected chi connectivity index (χ3v) is 4.00. The first-order valence-corrected chi connectivity index (χ1v) is 8.29. The smallest absolute Gasteiger partial charge is 0.251 e. The molecule has 0 bridgehead atoms. The highest BCUT2D eigenvalue weighted by molar-refractivity contribution is 5.94. The normalized spacial score (nSPS) is 12.7. The van der Waals surface area contributed by atoms with Crippen LogP contribution in [0.4, 0.5) is 0 Å². The zero-order valence-electron chi connectivity index (χ0n) is 14.8. The Bertz CT molecular complexity index is 688. The number of benzene rings is 1. The van der Waals surface area contributed by atoms with Crippen molar-refractivity contribution in [2.24, 2.45) is 0 Å². The van der Waals surface area contributed by atoms with E-state index in [-0.39, 0.29) is 11.9 Å². The first-order chi connectivity index (χ1) is 11.2. The average molecular weight is 326 g/mol. The molecule has 0 aliphatic rings. The highest BCUT2D eigenvalue weighted by Gasteiger charge is 2.14. The molecule has 24 heavy (non-hydrogen) atoms. The summed E-state index contributed by atoms with van der Waals surface area (Å²) in [4.78, 5) is 16.7. The molecule has 0 spiro atoms. The maximum absolute atomic E-state index is 12.5. The van der Waals surface area contributed by atoms with Crippen molar-refractivity contribution in [3.05, 3.63) is 65.0 Å². The molecule has 0 saturated heterocycles. The summed E-state index contributed by atoms with van der Waals surface area (Å²) in [7, 11) is 0. The predicted octanol–water partition coefficient (Wildman–Crippen LogP) is 3.58. The second-order valence-electron chi connectivity index (χ2n) is 6.94. The van der Waals surface area contributed by atoms with Crippen LogP contribution in [0.3, 0.4) is 0 Å². The molecule has 128 valence electrons. The number of amides is 1. The number of hydrogen-bond acceptors (Lipinski definition) is 3. The number of aryl methyl sites for hydroxylation is 2. The van der Waals surface area contributed by atoms with Gasteiger partial charge >= 0.3 is 0 Å². The Morgan fingerprint density at radius 2 is 2.04 bits per heavy atom. The van der Waals surface area contributed by atoms with E-state index < -0.39 is 5.60 Å². The minimum Gasteiger partial charge on any atom is -0.390 e. The molecule has 0 saturated carbocycles. The molecule has 2 rings (SSSR count). The van der Waals surface area contributed by atoms with Gasteiger partial charge in [0.25, 0.3) is 5.91 Å². The van der Waals surface area contributed by atoms with Crippen molar-refractivity contribution in [1.29, 1.82) is 0 Å². The molecule has 1 amide bonds. The van der Waals surface area contributed by atoms with Gasteiger partial charge in [0.05, 0.1) is 11.6 Å². The SMILES string of the molecule is Cc1ccc([C@@H](C)NC(=O)c2cccc(CCC(C)(C)O)c2)cn1. The number of rotatable bonds is 6. The van der Waals surface area contributed by atoms with Gasteiger partial charge in [-0.15, -0.1) is 0 Å². The Balaban J connectivity index is 2.02. The van der Waals surface area contributed by atoms with E-state index in [1.807, 2.05) is 50.2 Å². The van der Waals surface area contributed by atoms with E-state index in [1.165, 1.54) is 0 Å². The summed E-state index contributed by atoms with van der Waals surface area (Å²) in [5.74, 6) is -0.104. The van der Waals surface area contributed by atoms with E-state index >= 15 is 0 Å². The average Bonchev–Trinajstić information content (AvgIpc) is 2.53. The zero-order chi connectivity index (χ0) is 17.7. The number of pyridine rings is 1. The Morgan fingerprint density at radius 3 is 2.67 bits per heavy atom. The summed E-state index contributed by atoms with van der Waals surface area (Å²) in [5.41, 5.74) is 2.92. The first-order valence-electron chi connectivity index (χ1n) is 8.29. The molecule has 2 N–H and O–H groups in total. The monoisotopic (exact) mass is 326 g/mol. The topological polar surface area (TPSA) is 62.2 Å². The van der Waals surface area contributed by atoms with Crippen LogP contribution in [-0.4, -0.2) is 21.6 Å². The number of nitrogens with one attached hydrogen (secondary N) is 1. The quantitative estimate of drug-likeness (QED) is 0.853. The van der Waals surface area contributed by atoms with Gasteiger partial charge in [0.1, 0.15) is 0 Å². The lowest BCUT2D eigenvalue weighted by Crippen LogP contribution is -2.26. The molecule has 1 atom stereocenters. The van der Waals surface area contributed by atoms with Crippen molar-refractivity contribution >= 4 is 5.91 Å². The molecule has 0 aliphatic heterocycles. The highest BCUT2D eigenvalue weighted by Crippen LogP contribution is 2.16. The molecule has 4 heteroatoms. The van der Waals surface area contributed by atoms with Gasteiger partial charge in [0.2, 0.25) is 0 Å². The fraction of sp³-hybridized carbons (Fsp3) is 0.400. The van der Waals surface area contributed by atoms with Crippen molar-refractivity contribution in [2.45, 2.75) is 52.2 Å². The predicted molar refractivity (Wildman–Crippen MR) is 95.9 cm³/mol. The van der Waals surface area contributed by atoms with Crippen LogP contribution in [0.2, 0.25) is 0 Å². The molecule has 1 aromatic carbocycles. The van der Waals surface area contributed by atoms with Gasteiger partial charge in [0, 0.05) is 17.5 Å². The van der Waals surface area contributed by atoms with E-state index in [0.717, 1.165) is 23.2 Å². The molecule has 4 nitrogen and oxygen atoms in total. The Kier molecular flexibility index (Phi) is 5.73. The van der Waals surface area contributed by atoms with Crippen LogP contribution in [0.15, 0.2) is 42.6 Å². The molecule has 2 aromatic rings. The maximum Gasteiger partial charge on any atom is 0.251 e. The van der Waals surface area contributed by atoms with Gasteiger partial charge in [-0.05, 0) is 69.9 Å². The molecule has 1 heterocycles. The van der Waals surface area contributed by atoms with Crippen molar-refractivity contribution in [3.8, 4) is 0 Å². The molecule has 1 aromatic heterocycles. The van der Waals surface area contributed by atoms with Crippen molar-refractivity contribution in [2.75, 3.05) is 0 Å². The van der Waals surface area contributed by atoms with E-state index in [9.17, 15) is 9.90 Å². The second-order valence-corrected chi connectivity index (χ2v) is 6.94. The van der Waals surface area contributed by atoms with Crippen LogP contribution < -0.4 is 5.32 Å². The molecule has 0 unspecified atom stereocenters. The number of aromatic nitrogens is 1. The minimum atomic E-state index is -0.703. The van der Waals surface area contributed by atoms with Crippen LogP contribution in [0, 0.1) is 6.92 Å². The molecule has 0 aliphatic carbocycles. The summed E-state index contributed by atoms with van der Waals surface area (Å²) >= 11 is 0. The van der Waals surface area contributed by atoms with Crippen molar-refractivity contribution in [3.63, 3.8) is 0 Å². The second kappa shape index (κ2) is 7.58. The van der Waals surface area contributed by atoms with Crippen molar-refractivity contribution in [1.82, 2.24) is 10.3 Å². The van der Waals surface area contributed by atoms with Crippen LogP contribution in [0.1, 0.15) is 60.4 Å². The highest BCUT2D eigenvalue weighted by atomic mass is 16.3. The van der Waals surface area contributed by atoms with Gasteiger partial charge in [-0.25, -0.2) is 0 Å². The van der Waals surface area contributed by atoms with Gasteiger partial charge in [-0.1, -0.05) is 18.2 Å². The van der Waals surface area contributed by atoms with Gasteiger partial charge in [0.15, 0.2) is 0 Å². The van der Waals surface area contributed by atoms with Gasteiger partial charge < -0.3 is 10.4 Å². The number of nitrogens with zero attached hydrogens (tertiary/aromatic N) is 1. The van der Waals surface area contributed by atoms with Crippen molar-refractivity contribution < 1.29 is 9.90 Å². The Labute approximate surface area is 143 Å². The summed E-state index contributed by atoms with van der Waals surface area (Å²) in [5, 5.41) is 12.8. The standard InChI is InChI=1S/C20H26N2O2/c1-14-8-9-18(13-21-14)15(2)22-19(23)17-7-5-6-16(12-17)10-11-20(3,4)24/h5-9,12-13,15,24H,10-11H2,1-4H3,(H,22,23)/t15-/m1/s1. The molecular formula is C20H26N2O2. The molecule has 0 fully saturated rings. The number of hydrogen-bond donors (Lipinski definition) is 2. The largest absolute Gasteiger partial charge is 0.390 e. The lowest BCUT2D eigenvalue weighted by atomic mass is 9.98. The Morgan fingerprint density at radius 1 is 1.29 bits per heavy atom. The Hall–Kier alpha value is -2.20. The number of carbonyl (C=O) groups is 1. The summed E-state index contributed by atoms with van der Waals surface area (Å²) < 4.78 is 0. The zero-order valence-corrected chi connectivity index (χ0v) is 14.8. The first kappa shape index (κ1) is 18.1. The van der Waals surface area contributed by atoms with E-state index in [2.05, 4.69) is 10.3 Å². The summed E-state index contributed by atoms with van der Waals surface area (Å²) in [6.07, 6.45) is 3.19. The maximum atomic E-state index is 12.5. The fourth-order valence-electron chi connectivity index (χ4n) is 2.42. The van der Waals surface area contributed by atoms with Crippen LogP contribution in [0.5, 0.6) is 0 Å². The minimum absolute atomic E-state index is 0.104. The van der Waals surface area contributed by atoms with Crippen LogP contribution in [-0.2, 0) is 6.42 Å². The summed E-state index contributed by atoms with van der Waals surface area (Å²) in [6, 6.07) is 11.4. The van der Waals surface area contributed by atoms with Gasteiger partial charge in [-0.2, -0.15) is 0 Å². The molecular weight excluding hydrogens is 300 g/mol. The lowest BCUT2D eigenvalue weighted by molar-refractivity contribution is 0.0714. The third kappa shape index (κ3) is 5.46. The van der Waals surface area contributed by atoms with E-state index in [4.69, 9.17) is 0 Å². The third-order valence-electron chi connectivity index (χ3n) is 4.00. The van der Waals surface area contributed by atoms with E-state index in [1.54, 1.807) is 20.0 Å². The van der Waals surface area contributed by atoms with E-state index in [0.29, 0.717) is 12.0 Å². The number of aliphatic hydroxyl groups is 1. The summed E-state index contributed by atoms with van der Waals surface area (Å²) in [6.45, 7) is 7.47. The van der Waals surface area contributed by atoms with Crippen LogP contribution in [0.25, 0.3) is 0 Å². The van der Waals surface area contributed by atoms with Gasteiger partial charge in [-0.3, -0.25) is 9.78 Å². The number of carbonyl (C=O) groups excluding carboxylic acids is 1. The van der Waals surface area contributed by atoms with Crippen LogP contribution >= 0.6 is 0 Å². The molecule has 0 radical (unpaired) electrons. The lowest BCUT2D eigenvalue weighted by Gasteiger charge is -2.17. The fourth-order valence-corrected chi connectivity index (χ4v) is 2.42.